The van der Waals surface area contributed by atoms with Gasteiger partial charge in [-0.15, -0.1) is 0 Å². The summed E-state index contributed by atoms with van der Waals surface area (Å²) in [5, 5.41) is 20.7. The van der Waals surface area contributed by atoms with Crippen LogP contribution in [0.3, 0.4) is 0 Å². The Morgan fingerprint density at radius 3 is 2.60 bits per heavy atom. The molecule has 0 spiro atoms. The summed E-state index contributed by atoms with van der Waals surface area (Å²) in [6, 6.07) is 19.1. The zero-order chi connectivity index (χ0) is 21.2. The van der Waals surface area contributed by atoms with Crippen molar-refractivity contribution in [3.63, 3.8) is 0 Å². The van der Waals surface area contributed by atoms with Crippen molar-refractivity contribution in [1.82, 2.24) is 9.05 Å². The Hall–Kier alpha value is -2.44. The molecule has 1 aliphatic heterocycles. The highest BCUT2D eigenvalue weighted by atomic mass is 16.5. The first-order valence-corrected chi connectivity index (χ1v) is 10.6. The molecule has 2 aromatic carbocycles. The van der Waals surface area contributed by atoms with E-state index in [-0.39, 0.29) is 6.61 Å². The van der Waals surface area contributed by atoms with Gasteiger partial charge in [0.1, 0.15) is 12.7 Å². The van der Waals surface area contributed by atoms with E-state index in [0.717, 1.165) is 18.9 Å². The van der Waals surface area contributed by atoms with Gasteiger partial charge in [-0.1, -0.05) is 30.3 Å². The van der Waals surface area contributed by atoms with E-state index in [0.29, 0.717) is 24.1 Å². The van der Waals surface area contributed by atoms with E-state index >= 15 is 0 Å². The molecule has 0 fully saturated rings. The number of aliphatic hydroxyl groups excluding tert-OH is 1. The van der Waals surface area contributed by atoms with Gasteiger partial charge in [0.05, 0.1) is 30.9 Å². The van der Waals surface area contributed by atoms with Crippen molar-refractivity contribution in [3.8, 4) is 0 Å². The number of ether oxygens (including phenoxy) is 1. The summed E-state index contributed by atoms with van der Waals surface area (Å²) < 4.78 is 8.58. The monoisotopic (exact) mass is 407 g/mol. The van der Waals surface area contributed by atoms with Gasteiger partial charge in [0, 0.05) is 35.7 Å². The van der Waals surface area contributed by atoms with E-state index in [1.54, 1.807) is 0 Å². The molecule has 1 atom stereocenters. The topological polar surface area (TPSA) is 54.6 Å². The first-order chi connectivity index (χ1) is 14.4. The minimum atomic E-state index is -0.740. The van der Waals surface area contributed by atoms with Crippen LogP contribution in [0, 0.1) is 0 Å². The number of aryl methyl sites for hydroxylation is 1. The summed E-state index contributed by atoms with van der Waals surface area (Å²) in [4.78, 5) is 0. The number of quaternary nitrogens is 1. The number of fused-ring (bicyclic) bond motifs is 2. The Morgan fingerprint density at radius 2 is 1.80 bits per heavy atom. The Balaban J connectivity index is 1.84. The van der Waals surface area contributed by atoms with Crippen LogP contribution in [0.5, 0.6) is 0 Å². The second kappa shape index (κ2) is 8.36. The van der Waals surface area contributed by atoms with Gasteiger partial charge in [0.2, 0.25) is 5.82 Å². The Kier molecular flexibility index (Phi) is 5.80. The van der Waals surface area contributed by atoms with E-state index in [4.69, 9.17) is 9.84 Å². The molecular formula is C25H31N2O3+. The smallest absolute Gasteiger partial charge is 0.219 e. The quantitative estimate of drug-likeness (QED) is 0.407. The lowest BCUT2D eigenvalue weighted by Crippen LogP contribution is -2.42. The molecule has 3 aromatic rings. The van der Waals surface area contributed by atoms with Crippen molar-refractivity contribution in [2.45, 2.75) is 32.4 Å². The predicted octanol–water partition coefficient (Wildman–Crippen LogP) is 4.43. The maximum Gasteiger partial charge on any atom is 0.219 e. The van der Waals surface area contributed by atoms with Gasteiger partial charge in [0.15, 0.2) is 5.69 Å². The SMILES string of the molecule is CC(C)(O)CCn1c([N+]2(CCOCCO)C=Cc3ccccc32)cc2ccccc21. The molecule has 5 heteroatoms. The fourth-order valence-electron chi connectivity index (χ4n) is 4.31. The van der Waals surface area contributed by atoms with Crippen LogP contribution in [-0.4, -0.2) is 46.7 Å². The number of hydrogen-bond acceptors (Lipinski definition) is 3. The molecule has 0 amide bonds. The largest absolute Gasteiger partial charge is 0.394 e. The summed E-state index contributed by atoms with van der Waals surface area (Å²) >= 11 is 0. The average molecular weight is 408 g/mol. The van der Waals surface area contributed by atoms with Gasteiger partial charge >= 0.3 is 0 Å². The number of rotatable bonds is 9. The molecule has 5 nitrogen and oxygen atoms in total. The Labute approximate surface area is 178 Å². The maximum absolute atomic E-state index is 10.4. The fourth-order valence-corrected chi connectivity index (χ4v) is 4.31. The lowest BCUT2D eigenvalue weighted by Gasteiger charge is -2.33. The zero-order valence-electron chi connectivity index (χ0n) is 17.8. The highest BCUT2D eigenvalue weighted by Gasteiger charge is 2.40. The molecule has 30 heavy (non-hydrogen) atoms. The molecule has 2 heterocycles. The van der Waals surface area contributed by atoms with Crippen LogP contribution in [0.4, 0.5) is 11.5 Å². The first kappa shape index (κ1) is 20.8. The highest BCUT2D eigenvalue weighted by Crippen LogP contribution is 2.45. The summed E-state index contributed by atoms with van der Waals surface area (Å²) in [6.07, 6.45) is 5.08. The van der Waals surface area contributed by atoms with Crippen LogP contribution < -0.4 is 4.48 Å². The number of nitrogens with zero attached hydrogens (tertiary/aromatic N) is 2. The van der Waals surface area contributed by atoms with Crippen molar-refractivity contribution in [2.24, 2.45) is 0 Å². The van der Waals surface area contributed by atoms with E-state index in [1.165, 1.54) is 22.2 Å². The molecule has 2 N–H and O–H groups in total. The van der Waals surface area contributed by atoms with Gasteiger partial charge in [-0.05, 0) is 32.4 Å². The standard InChI is InChI=1S/C25H31N2O3/c1-25(2,29)12-13-26-22-9-5-3-8-21(22)19-24(26)27(15-17-30-18-16-28)14-11-20-7-4-6-10-23(20)27/h3-11,14,19,28-29H,12-13,15-18H2,1-2H3/q+1. The van der Waals surface area contributed by atoms with Crippen LogP contribution in [0.1, 0.15) is 25.8 Å². The summed E-state index contributed by atoms with van der Waals surface area (Å²) in [5.74, 6) is 1.16. The molecular weight excluding hydrogens is 376 g/mol. The maximum atomic E-state index is 10.4. The third-order valence-corrected chi connectivity index (χ3v) is 5.84. The summed E-state index contributed by atoms with van der Waals surface area (Å²) in [6.45, 7) is 6.07. The lowest BCUT2D eigenvalue weighted by atomic mass is 10.1. The second-order valence-electron chi connectivity index (χ2n) is 8.58. The molecule has 0 bridgehead atoms. The zero-order valence-corrected chi connectivity index (χ0v) is 17.8. The molecule has 1 aromatic heterocycles. The van der Waals surface area contributed by atoms with Crippen LogP contribution >= 0.6 is 0 Å². The minimum absolute atomic E-state index is 0.0261. The van der Waals surface area contributed by atoms with Crippen LogP contribution in [0.15, 0.2) is 60.8 Å². The lowest BCUT2D eigenvalue weighted by molar-refractivity contribution is 0.0661. The van der Waals surface area contributed by atoms with Gasteiger partial charge in [-0.3, -0.25) is 4.57 Å². The summed E-state index contributed by atoms with van der Waals surface area (Å²) in [5.41, 5.74) is 2.86. The summed E-state index contributed by atoms with van der Waals surface area (Å²) in [7, 11) is 0. The van der Waals surface area contributed by atoms with Gasteiger partial charge < -0.3 is 14.9 Å². The van der Waals surface area contributed by atoms with E-state index < -0.39 is 5.60 Å². The average Bonchev–Trinajstić information content (AvgIpc) is 3.29. The Morgan fingerprint density at radius 1 is 1.03 bits per heavy atom. The molecule has 158 valence electrons. The molecule has 0 aliphatic carbocycles. The number of hydrogen-bond donors (Lipinski definition) is 2. The highest BCUT2D eigenvalue weighted by molar-refractivity contribution is 5.88. The van der Waals surface area contributed by atoms with Crippen molar-refractivity contribution in [2.75, 3.05) is 26.4 Å². The Bertz CT molecular complexity index is 1050. The van der Waals surface area contributed by atoms with Crippen molar-refractivity contribution in [3.05, 3.63) is 66.4 Å². The third kappa shape index (κ3) is 3.94. The first-order valence-electron chi connectivity index (χ1n) is 10.6. The molecule has 1 unspecified atom stereocenters. The van der Waals surface area contributed by atoms with Gasteiger partial charge in [-0.2, -0.15) is 0 Å². The van der Waals surface area contributed by atoms with E-state index in [9.17, 15) is 5.11 Å². The van der Waals surface area contributed by atoms with E-state index in [2.05, 4.69) is 71.4 Å². The van der Waals surface area contributed by atoms with E-state index in [1.807, 2.05) is 13.8 Å². The molecule has 0 radical (unpaired) electrons. The molecule has 0 saturated heterocycles. The van der Waals surface area contributed by atoms with Crippen LogP contribution in [0.25, 0.3) is 17.0 Å². The van der Waals surface area contributed by atoms with Gasteiger partial charge in [0.25, 0.3) is 0 Å². The van der Waals surface area contributed by atoms with Crippen LogP contribution in [-0.2, 0) is 11.3 Å². The minimum Gasteiger partial charge on any atom is -0.394 e. The molecule has 1 aliphatic rings. The number of benzene rings is 2. The van der Waals surface area contributed by atoms with Crippen molar-refractivity contribution >= 4 is 28.5 Å². The fraction of sp³-hybridized carbons (Fsp3) is 0.360. The van der Waals surface area contributed by atoms with Crippen molar-refractivity contribution < 1.29 is 14.9 Å². The normalized spacial score (nSPS) is 18.3. The third-order valence-electron chi connectivity index (χ3n) is 5.84. The predicted molar refractivity (Wildman–Crippen MR) is 123 cm³/mol. The van der Waals surface area contributed by atoms with Crippen LogP contribution in [0.2, 0.25) is 0 Å². The number of para-hydroxylation sites is 2. The molecule has 4 rings (SSSR count). The molecule has 0 saturated carbocycles. The second-order valence-corrected chi connectivity index (χ2v) is 8.58. The number of aromatic nitrogens is 1. The van der Waals surface area contributed by atoms with Crippen molar-refractivity contribution in [1.29, 1.82) is 0 Å². The van der Waals surface area contributed by atoms with Gasteiger partial charge in [-0.25, -0.2) is 4.48 Å². The number of aliphatic hydroxyl groups is 2.